The zero-order valence-corrected chi connectivity index (χ0v) is 10.2. The zero-order chi connectivity index (χ0) is 11.4. The van der Waals surface area contributed by atoms with Crippen molar-refractivity contribution in [3.8, 4) is 0 Å². The molecular formula is C11H21N5. The number of tetrazole rings is 1. The highest BCUT2D eigenvalue weighted by atomic mass is 15.5. The average molecular weight is 223 g/mol. The second kappa shape index (κ2) is 5.39. The van der Waals surface area contributed by atoms with Crippen LogP contribution in [0.15, 0.2) is 0 Å². The minimum absolute atomic E-state index is 0.746. The van der Waals surface area contributed by atoms with E-state index in [4.69, 9.17) is 0 Å². The molecule has 1 aromatic heterocycles. The van der Waals surface area contributed by atoms with Crippen molar-refractivity contribution in [2.75, 3.05) is 7.05 Å². The largest absolute Gasteiger partial charge is 0.313 e. The predicted octanol–water partition coefficient (Wildman–Crippen LogP) is 1.22. The molecule has 1 aliphatic rings. The van der Waals surface area contributed by atoms with Crippen LogP contribution < -0.4 is 5.32 Å². The summed E-state index contributed by atoms with van der Waals surface area (Å²) < 4.78 is 1.96. The highest BCUT2D eigenvalue weighted by molar-refractivity contribution is 4.81. The van der Waals surface area contributed by atoms with Gasteiger partial charge in [0.25, 0.3) is 0 Å². The molecule has 0 aromatic carbocycles. The third kappa shape index (κ3) is 2.78. The van der Waals surface area contributed by atoms with Gasteiger partial charge in [0.1, 0.15) is 0 Å². The molecule has 0 bridgehead atoms. The van der Waals surface area contributed by atoms with E-state index in [0.717, 1.165) is 30.7 Å². The molecule has 16 heavy (non-hydrogen) atoms. The van der Waals surface area contributed by atoms with Gasteiger partial charge >= 0.3 is 0 Å². The zero-order valence-electron chi connectivity index (χ0n) is 10.2. The molecule has 1 heterocycles. The summed E-state index contributed by atoms with van der Waals surface area (Å²) >= 11 is 0. The van der Waals surface area contributed by atoms with Crippen molar-refractivity contribution >= 4 is 0 Å². The third-order valence-corrected chi connectivity index (χ3v) is 3.51. The van der Waals surface area contributed by atoms with Gasteiger partial charge in [-0.15, -0.1) is 5.10 Å². The molecule has 0 saturated heterocycles. The summed E-state index contributed by atoms with van der Waals surface area (Å²) in [6.07, 6.45) is 5.35. The molecule has 1 saturated carbocycles. The smallest absolute Gasteiger partial charge is 0.165 e. The molecule has 90 valence electrons. The van der Waals surface area contributed by atoms with Crippen LogP contribution in [0.25, 0.3) is 0 Å². The Morgan fingerprint density at radius 2 is 2.06 bits per heavy atom. The van der Waals surface area contributed by atoms with Gasteiger partial charge in [-0.2, -0.15) is 0 Å². The summed E-state index contributed by atoms with van der Waals surface area (Å²) in [6, 6.07) is 0. The Bertz CT molecular complexity index is 314. The van der Waals surface area contributed by atoms with Crippen LogP contribution in [0, 0.1) is 11.8 Å². The third-order valence-electron chi connectivity index (χ3n) is 3.51. The van der Waals surface area contributed by atoms with Crippen LogP contribution in [-0.2, 0) is 13.1 Å². The second-order valence-electron chi connectivity index (χ2n) is 4.93. The molecule has 5 heteroatoms. The fourth-order valence-electron chi connectivity index (χ4n) is 2.41. The van der Waals surface area contributed by atoms with E-state index in [1.165, 1.54) is 25.7 Å². The Morgan fingerprint density at radius 3 is 2.75 bits per heavy atom. The van der Waals surface area contributed by atoms with Gasteiger partial charge in [-0.05, 0) is 42.2 Å². The molecule has 0 atom stereocenters. The topological polar surface area (TPSA) is 55.6 Å². The molecule has 0 amide bonds. The van der Waals surface area contributed by atoms with E-state index in [9.17, 15) is 0 Å². The first-order valence-electron chi connectivity index (χ1n) is 6.19. The van der Waals surface area contributed by atoms with Gasteiger partial charge in [-0.3, -0.25) is 0 Å². The van der Waals surface area contributed by atoms with Crippen LogP contribution in [0.2, 0.25) is 0 Å². The Morgan fingerprint density at radius 1 is 1.31 bits per heavy atom. The number of aromatic nitrogens is 4. The van der Waals surface area contributed by atoms with Crippen molar-refractivity contribution in [1.29, 1.82) is 0 Å². The first-order valence-corrected chi connectivity index (χ1v) is 6.19. The molecule has 0 radical (unpaired) electrons. The molecule has 0 aliphatic heterocycles. The van der Waals surface area contributed by atoms with Crippen LogP contribution in [0.4, 0.5) is 0 Å². The summed E-state index contributed by atoms with van der Waals surface area (Å²) in [4.78, 5) is 0. The fraction of sp³-hybridized carbons (Fsp3) is 0.909. The first-order chi connectivity index (χ1) is 7.79. The summed E-state index contributed by atoms with van der Waals surface area (Å²) in [5, 5.41) is 14.9. The predicted molar refractivity (Wildman–Crippen MR) is 61.7 cm³/mol. The van der Waals surface area contributed by atoms with Gasteiger partial charge < -0.3 is 5.32 Å². The van der Waals surface area contributed by atoms with Crippen molar-refractivity contribution in [3.63, 3.8) is 0 Å². The maximum atomic E-state index is 4.06. The normalized spacial score (nSPS) is 25.9. The van der Waals surface area contributed by atoms with Gasteiger partial charge in [0.05, 0.1) is 6.54 Å². The van der Waals surface area contributed by atoms with Crippen LogP contribution in [0.5, 0.6) is 0 Å². The standard InChI is InChI=1S/C11H21N5/c1-9-3-5-10(6-4-9)8-16-11(7-12-2)13-14-15-16/h9-10,12H,3-8H2,1-2H3. The maximum absolute atomic E-state index is 4.06. The molecule has 1 fully saturated rings. The van der Waals surface area contributed by atoms with Crippen molar-refractivity contribution in [3.05, 3.63) is 5.82 Å². The van der Waals surface area contributed by atoms with Crippen molar-refractivity contribution < 1.29 is 0 Å². The van der Waals surface area contributed by atoms with E-state index in [-0.39, 0.29) is 0 Å². The van der Waals surface area contributed by atoms with Crippen molar-refractivity contribution in [1.82, 2.24) is 25.5 Å². The van der Waals surface area contributed by atoms with Crippen LogP contribution >= 0.6 is 0 Å². The van der Waals surface area contributed by atoms with Gasteiger partial charge in [0.15, 0.2) is 5.82 Å². The van der Waals surface area contributed by atoms with Crippen molar-refractivity contribution in [2.45, 2.75) is 45.7 Å². The summed E-state index contributed by atoms with van der Waals surface area (Å²) in [6.45, 7) is 4.08. The molecule has 1 aromatic rings. The summed E-state index contributed by atoms with van der Waals surface area (Å²) in [5.41, 5.74) is 0. The summed E-state index contributed by atoms with van der Waals surface area (Å²) in [5.74, 6) is 2.61. The van der Waals surface area contributed by atoms with E-state index < -0.39 is 0 Å². The second-order valence-corrected chi connectivity index (χ2v) is 4.93. The van der Waals surface area contributed by atoms with Crippen LogP contribution in [-0.4, -0.2) is 27.3 Å². The highest BCUT2D eigenvalue weighted by Crippen LogP contribution is 2.29. The highest BCUT2D eigenvalue weighted by Gasteiger charge is 2.20. The number of hydrogen-bond donors (Lipinski definition) is 1. The molecule has 0 spiro atoms. The SMILES string of the molecule is CNCc1nnnn1CC1CCC(C)CC1. The Balaban J connectivity index is 1.90. The number of nitrogens with zero attached hydrogens (tertiary/aromatic N) is 4. The molecule has 1 N–H and O–H groups in total. The maximum Gasteiger partial charge on any atom is 0.165 e. The van der Waals surface area contributed by atoms with E-state index in [1.54, 1.807) is 0 Å². The number of nitrogens with one attached hydrogen (secondary N) is 1. The number of hydrogen-bond acceptors (Lipinski definition) is 4. The lowest BCUT2D eigenvalue weighted by molar-refractivity contribution is 0.254. The molecule has 1 aliphatic carbocycles. The molecule has 0 unspecified atom stereocenters. The van der Waals surface area contributed by atoms with E-state index >= 15 is 0 Å². The van der Waals surface area contributed by atoms with E-state index in [0.29, 0.717) is 0 Å². The number of rotatable bonds is 4. The Labute approximate surface area is 96.6 Å². The first kappa shape index (κ1) is 11.5. The van der Waals surface area contributed by atoms with Gasteiger partial charge in [0.2, 0.25) is 0 Å². The average Bonchev–Trinajstić information content (AvgIpc) is 2.70. The minimum Gasteiger partial charge on any atom is -0.313 e. The van der Waals surface area contributed by atoms with E-state index in [1.807, 2.05) is 11.7 Å². The van der Waals surface area contributed by atoms with Crippen LogP contribution in [0.3, 0.4) is 0 Å². The lowest BCUT2D eigenvalue weighted by atomic mass is 9.83. The van der Waals surface area contributed by atoms with Gasteiger partial charge in [-0.1, -0.05) is 19.8 Å². The van der Waals surface area contributed by atoms with Crippen molar-refractivity contribution in [2.24, 2.45) is 11.8 Å². The Hall–Kier alpha value is -0.970. The monoisotopic (exact) mass is 223 g/mol. The lowest BCUT2D eigenvalue weighted by Crippen LogP contribution is -2.21. The van der Waals surface area contributed by atoms with Crippen LogP contribution in [0.1, 0.15) is 38.4 Å². The Kier molecular flexibility index (Phi) is 3.88. The fourth-order valence-corrected chi connectivity index (χ4v) is 2.41. The van der Waals surface area contributed by atoms with Gasteiger partial charge in [0, 0.05) is 6.54 Å². The molecule has 2 rings (SSSR count). The minimum atomic E-state index is 0.746. The van der Waals surface area contributed by atoms with Gasteiger partial charge in [-0.25, -0.2) is 4.68 Å². The quantitative estimate of drug-likeness (QED) is 0.834. The molecular weight excluding hydrogens is 202 g/mol. The van der Waals surface area contributed by atoms with E-state index in [2.05, 4.69) is 27.8 Å². The lowest BCUT2D eigenvalue weighted by Gasteiger charge is -2.25. The summed E-state index contributed by atoms with van der Waals surface area (Å²) in [7, 11) is 1.92. The molecule has 5 nitrogen and oxygen atoms in total.